The van der Waals surface area contributed by atoms with Gasteiger partial charge in [-0.2, -0.15) is 0 Å². The van der Waals surface area contributed by atoms with Crippen LogP contribution in [0.25, 0.3) is 16.6 Å². The molecule has 0 aliphatic heterocycles. The zero-order chi connectivity index (χ0) is 18.6. The van der Waals surface area contributed by atoms with Crippen molar-refractivity contribution in [1.29, 1.82) is 0 Å². The number of rotatable bonds is 2. The summed E-state index contributed by atoms with van der Waals surface area (Å²) < 4.78 is 6.76. The van der Waals surface area contributed by atoms with Crippen molar-refractivity contribution in [1.82, 2.24) is 21.9 Å². The molecule has 12 heteroatoms. The molecule has 0 radical (unpaired) electrons. The standard InChI is InChI=1S/C15H10Cl2N2O2S.2ClH.2H3N.Pt/c1-21-13-7-12(9(16)6-10(13)17)19-14(20)8-4-2-3-5-11(8)18-15(19)22;;;;;/h2-7H,1H3,(H,18,22);2*1H;2*1H3;/q;;;;;+2/p-2. The quantitative estimate of drug-likeness (QED) is 0.291. The molecule has 0 aliphatic carbocycles. The fourth-order valence-electron chi connectivity index (χ4n) is 2.23. The van der Waals surface area contributed by atoms with E-state index in [1.165, 1.54) is 17.7 Å². The summed E-state index contributed by atoms with van der Waals surface area (Å²) >= 11 is 17.1. The molecule has 7 N–H and O–H groups in total. The van der Waals surface area contributed by atoms with Crippen LogP contribution >= 0.6 is 54.3 Å². The van der Waals surface area contributed by atoms with Crippen molar-refractivity contribution >= 4 is 65.2 Å². The van der Waals surface area contributed by atoms with Crippen LogP contribution in [-0.4, -0.2) is 16.7 Å². The van der Waals surface area contributed by atoms with Gasteiger partial charge >= 0.3 is 35.3 Å². The van der Waals surface area contributed by atoms with E-state index in [0.29, 0.717) is 32.4 Å². The first-order valence-electron chi connectivity index (χ1n) is 6.54. The minimum atomic E-state index is -0.472. The number of para-hydroxylation sites is 1. The number of benzene rings is 2. The van der Waals surface area contributed by atoms with Gasteiger partial charge in [0.2, 0.25) is 0 Å². The van der Waals surface area contributed by atoms with Crippen molar-refractivity contribution in [3.8, 4) is 11.4 Å². The molecule has 1 aromatic heterocycles. The summed E-state index contributed by atoms with van der Waals surface area (Å²) in [5.74, 6) is 0.413. The fraction of sp³-hybridized carbons (Fsp3) is 0.0667. The third kappa shape index (κ3) is 5.92. The summed E-state index contributed by atoms with van der Waals surface area (Å²) in [6.45, 7) is 0. The monoisotopic (exact) mass is 651 g/mol. The Hall–Kier alpha value is -0.632. The summed E-state index contributed by atoms with van der Waals surface area (Å²) in [7, 11) is 11.2. The van der Waals surface area contributed by atoms with Gasteiger partial charge in [0.15, 0.2) is 4.77 Å². The number of ether oxygens (including phenoxy) is 1. The zero-order valence-corrected chi connectivity index (χ0v) is 20.0. The van der Waals surface area contributed by atoms with E-state index in [4.69, 9.17) is 59.0 Å². The molecule has 0 spiro atoms. The zero-order valence-electron chi connectivity index (χ0n) is 13.9. The van der Waals surface area contributed by atoms with Gasteiger partial charge in [-0.25, -0.2) is 0 Å². The predicted molar refractivity (Wildman–Crippen MR) is 113 cm³/mol. The third-order valence-electron chi connectivity index (χ3n) is 3.27. The number of hydrogen-bond donors (Lipinski definition) is 3. The Balaban J connectivity index is 0.00000127. The average molecular weight is 653 g/mol. The molecule has 0 saturated carbocycles. The van der Waals surface area contributed by atoms with Crippen LogP contribution < -0.4 is 22.6 Å². The predicted octanol–water partition coefficient (Wildman–Crippen LogP) is 6.06. The summed E-state index contributed by atoms with van der Waals surface area (Å²) in [5, 5.41) is 1.18. The number of nitrogens with zero attached hydrogens (tertiary/aromatic N) is 1. The Labute approximate surface area is 187 Å². The van der Waals surface area contributed by atoms with E-state index in [1.54, 1.807) is 24.3 Å². The van der Waals surface area contributed by atoms with Crippen LogP contribution in [0, 0.1) is 4.77 Å². The van der Waals surface area contributed by atoms with Crippen LogP contribution in [0.5, 0.6) is 5.75 Å². The molecule has 0 atom stereocenters. The fourth-order valence-corrected chi connectivity index (χ4v) is 3.06. The number of fused-ring (bicyclic) bond motifs is 1. The van der Waals surface area contributed by atoms with E-state index in [9.17, 15) is 4.79 Å². The van der Waals surface area contributed by atoms with Crippen LogP contribution in [0.3, 0.4) is 0 Å². The van der Waals surface area contributed by atoms with Gasteiger partial charge in [-0.05, 0) is 30.4 Å². The first kappa shape index (κ1) is 26.4. The van der Waals surface area contributed by atoms with E-state index in [1.807, 2.05) is 6.07 Å². The molecule has 0 aliphatic rings. The first-order chi connectivity index (χ1) is 11.9. The summed E-state index contributed by atoms with van der Waals surface area (Å²) in [6.07, 6.45) is 0. The van der Waals surface area contributed by atoms with Gasteiger partial charge in [-0.3, -0.25) is 9.36 Å². The molecular weight excluding hydrogens is 637 g/mol. The first-order valence-corrected chi connectivity index (χ1v) is 13.3. The van der Waals surface area contributed by atoms with Crippen LogP contribution in [0.4, 0.5) is 0 Å². The molecular formula is C15H16Cl4N4O2PtS. The molecule has 27 heavy (non-hydrogen) atoms. The number of nitrogens with one attached hydrogen (secondary N) is 1. The number of aromatic nitrogens is 2. The maximum absolute atomic E-state index is 12.7. The van der Waals surface area contributed by atoms with Gasteiger partial charge in [0.25, 0.3) is 5.56 Å². The van der Waals surface area contributed by atoms with E-state index in [0.717, 1.165) is 0 Å². The number of H-pyrrole nitrogens is 1. The van der Waals surface area contributed by atoms with Crippen LogP contribution in [0.2, 0.25) is 10.0 Å². The van der Waals surface area contributed by atoms with Crippen molar-refractivity contribution in [3.05, 3.63) is 61.6 Å². The summed E-state index contributed by atoms with van der Waals surface area (Å²) in [5.41, 5.74) is 0.830. The molecule has 152 valence electrons. The normalized spacial score (nSPS) is 9.67. The second-order valence-electron chi connectivity index (χ2n) is 4.60. The van der Waals surface area contributed by atoms with Crippen molar-refractivity contribution < 1.29 is 21.2 Å². The van der Waals surface area contributed by atoms with Crippen LogP contribution in [0.15, 0.2) is 41.2 Å². The molecule has 1 heterocycles. The SMILES string of the molecule is COc1cc(-n2c(=S)[nH]c3ccccc3c2=O)c(Cl)cc1Cl.N.N.[Cl][Pt][Cl]. The molecule has 0 unspecified atom stereocenters. The van der Waals surface area contributed by atoms with Crippen molar-refractivity contribution in [2.24, 2.45) is 0 Å². The Morgan fingerprint density at radius 2 is 1.70 bits per heavy atom. The van der Waals surface area contributed by atoms with Crippen molar-refractivity contribution in [3.63, 3.8) is 0 Å². The second-order valence-corrected chi connectivity index (χ2v) is 9.08. The molecule has 0 fully saturated rings. The maximum atomic E-state index is 12.7. The van der Waals surface area contributed by atoms with Gasteiger partial charge in [-0.1, -0.05) is 35.3 Å². The van der Waals surface area contributed by atoms with Crippen molar-refractivity contribution in [2.45, 2.75) is 0 Å². The molecule has 6 nitrogen and oxygen atoms in total. The molecule has 0 bridgehead atoms. The Morgan fingerprint density at radius 1 is 1.11 bits per heavy atom. The van der Waals surface area contributed by atoms with Gasteiger partial charge in [0.1, 0.15) is 5.75 Å². The third-order valence-corrected chi connectivity index (χ3v) is 4.15. The summed E-state index contributed by atoms with van der Waals surface area (Å²) in [4.78, 5) is 15.8. The molecule has 3 aromatic rings. The number of hydrogen-bond acceptors (Lipinski definition) is 5. The Bertz CT molecular complexity index is 1030. The number of halogens is 4. The molecule has 2 aromatic carbocycles. The van der Waals surface area contributed by atoms with E-state index in [-0.39, 0.29) is 22.6 Å². The molecule has 3 rings (SSSR count). The van der Waals surface area contributed by atoms with Gasteiger partial charge in [-0.15, -0.1) is 0 Å². The Morgan fingerprint density at radius 3 is 2.30 bits per heavy atom. The average Bonchev–Trinajstić information content (AvgIpc) is 2.57. The topological polar surface area (TPSA) is 117 Å². The van der Waals surface area contributed by atoms with E-state index >= 15 is 0 Å². The van der Waals surface area contributed by atoms with Gasteiger partial charge < -0.3 is 22.0 Å². The number of aromatic amines is 1. The Kier molecular flexibility index (Phi) is 11.8. The van der Waals surface area contributed by atoms with Crippen LogP contribution in [-0.2, 0) is 16.5 Å². The molecule has 0 saturated heterocycles. The number of methoxy groups -OCH3 is 1. The van der Waals surface area contributed by atoms with Gasteiger partial charge in [0, 0.05) is 6.07 Å². The van der Waals surface area contributed by atoms with E-state index < -0.39 is 16.5 Å². The van der Waals surface area contributed by atoms with Crippen molar-refractivity contribution in [2.75, 3.05) is 7.11 Å². The van der Waals surface area contributed by atoms with E-state index in [2.05, 4.69) is 4.98 Å². The molecule has 0 amide bonds. The van der Waals surface area contributed by atoms with Gasteiger partial charge in [0.05, 0.1) is 33.7 Å². The summed E-state index contributed by atoms with van der Waals surface area (Å²) in [6, 6.07) is 10.2. The second kappa shape index (κ2) is 12.0. The minimum absolute atomic E-state index is 0. The van der Waals surface area contributed by atoms with Crippen LogP contribution in [0.1, 0.15) is 0 Å².